The molecule has 4 aromatic carbocycles. The maximum atomic E-state index is 6.35. The Bertz CT molecular complexity index is 1370. The minimum absolute atomic E-state index is 0. The molecule has 0 radical (unpaired) electrons. The summed E-state index contributed by atoms with van der Waals surface area (Å²) in [5.41, 5.74) is 25.9. The zero-order chi connectivity index (χ0) is 35.0. The fourth-order valence-electron chi connectivity index (χ4n) is 5.34. The van der Waals surface area contributed by atoms with Gasteiger partial charge in [-0.25, -0.2) is 0 Å². The Balaban J connectivity index is 0.000000338. The minimum atomic E-state index is -2.42. The highest BCUT2D eigenvalue weighted by Gasteiger charge is 2.37. The van der Waals surface area contributed by atoms with E-state index < -0.39 is 17.1 Å². The van der Waals surface area contributed by atoms with Crippen molar-refractivity contribution in [2.75, 3.05) is 22.9 Å². The molecule has 268 valence electrons. The second-order valence-electron chi connectivity index (χ2n) is 13.1. The third-order valence-corrected chi connectivity index (χ3v) is 13.1. The van der Waals surface area contributed by atoms with Gasteiger partial charge in [0.05, 0.1) is 0 Å². The third-order valence-electron chi connectivity index (χ3n) is 7.62. The van der Waals surface area contributed by atoms with Gasteiger partial charge in [-0.2, -0.15) is 0 Å². The summed E-state index contributed by atoms with van der Waals surface area (Å²) in [6, 6.07) is 31.8. The summed E-state index contributed by atoms with van der Waals surface area (Å²) < 4.78 is 25.2. The van der Waals surface area contributed by atoms with Gasteiger partial charge in [0, 0.05) is 47.9 Å². The smallest absolute Gasteiger partial charge is 0.457 e. The van der Waals surface area contributed by atoms with Crippen LogP contribution in [0.4, 0.5) is 22.7 Å². The van der Waals surface area contributed by atoms with Gasteiger partial charge in [0.2, 0.25) is 0 Å². The van der Waals surface area contributed by atoms with Crippen LogP contribution in [0, 0.1) is 5.92 Å². The molecular formula is C39H60N4O4Si2. The van der Waals surface area contributed by atoms with Crippen LogP contribution in [0.2, 0.25) is 25.2 Å². The average molecular weight is 705 g/mol. The quantitative estimate of drug-likeness (QED) is 0.0483. The van der Waals surface area contributed by atoms with E-state index in [9.17, 15) is 0 Å². The fraction of sp³-hybridized carbons (Fsp3) is 0.385. The molecule has 0 amide bonds. The largest absolute Gasteiger partial charge is 0.512 e. The Kier molecular flexibility index (Phi) is 16.9. The van der Waals surface area contributed by atoms with Crippen molar-refractivity contribution in [2.24, 2.45) is 5.92 Å². The second-order valence-corrected chi connectivity index (χ2v) is 19.3. The molecule has 0 saturated heterocycles. The van der Waals surface area contributed by atoms with Crippen LogP contribution in [0.1, 0.15) is 66.7 Å². The molecule has 0 aliphatic heterocycles. The van der Waals surface area contributed by atoms with Crippen molar-refractivity contribution in [3.8, 4) is 23.0 Å². The molecule has 10 heteroatoms. The predicted octanol–water partition coefficient (Wildman–Crippen LogP) is 10.4. The lowest BCUT2D eigenvalue weighted by molar-refractivity contribution is 0.377. The van der Waals surface area contributed by atoms with E-state index in [2.05, 4.69) is 33.9 Å². The highest BCUT2D eigenvalue weighted by molar-refractivity contribution is 6.68. The van der Waals surface area contributed by atoms with E-state index in [1.807, 2.05) is 97.1 Å². The molecule has 0 atom stereocenters. The van der Waals surface area contributed by atoms with E-state index in [1.165, 1.54) is 32.1 Å². The molecule has 0 saturated carbocycles. The van der Waals surface area contributed by atoms with E-state index in [-0.39, 0.29) is 7.43 Å². The Labute approximate surface area is 297 Å². The van der Waals surface area contributed by atoms with Crippen molar-refractivity contribution in [3.63, 3.8) is 0 Å². The number of nitrogens with two attached hydrogens (primary N) is 4. The fourth-order valence-corrected chi connectivity index (χ4v) is 10.7. The van der Waals surface area contributed by atoms with E-state index >= 15 is 0 Å². The van der Waals surface area contributed by atoms with Gasteiger partial charge in [0.15, 0.2) is 0 Å². The summed E-state index contributed by atoms with van der Waals surface area (Å²) in [6.45, 7) is 10.8. The molecule has 0 fully saturated rings. The molecule has 8 nitrogen and oxygen atoms in total. The molecule has 49 heavy (non-hydrogen) atoms. The van der Waals surface area contributed by atoms with Gasteiger partial charge < -0.3 is 40.6 Å². The van der Waals surface area contributed by atoms with E-state index in [0.717, 1.165) is 64.3 Å². The van der Waals surface area contributed by atoms with Gasteiger partial charge in [-0.1, -0.05) is 60.3 Å². The minimum Gasteiger partial charge on any atom is -0.512 e. The molecule has 0 heterocycles. The highest BCUT2D eigenvalue weighted by Crippen LogP contribution is 2.28. The monoisotopic (exact) mass is 704 g/mol. The summed E-state index contributed by atoms with van der Waals surface area (Å²) in [4.78, 5) is 0. The predicted molar refractivity (Wildman–Crippen MR) is 214 cm³/mol. The lowest BCUT2D eigenvalue weighted by atomic mass is 10.1. The molecule has 8 N–H and O–H groups in total. The van der Waals surface area contributed by atoms with E-state index in [1.54, 1.807) is 0 Å². The van der Waals surface area contributed by atoms with Crippen molar-refractivity contribution in [1.29, 1.82) is 0 Å². The van der Waals surface area contributed by atoms with Gasteiger partial charge in [0.25, 0.3) is 0 Å². The van der Waals surface area contributed by atoms with Gasteiger partial charge in [-0.05, 0) is 109 Å². The average Bonchev–Trinajstić information content (AvgIpc) is 3.03. The Morgan fingerprint density at radius 2 is 0.755 bits per heavy atom. The van der Waals surface area contributed by atoms with Crippen LogP contribution in [-0.2, 0) is 0 Å². The lowest BCUT2D eigenvalue weighted by Gasteiger charge is -2.29. The zero-order valence-corrected chi connectivity index (χ0v) is 31.4. The highest BCUT2D eigenvalue weighted by atomic mass is 28.4. The first-order valence-electron chi connectivity index (χ1n) is 17.1. The molecule has 0 aromatic heterocycles. The van der Waals surface area contributed by atoms with Gasteiger partial charge in [-0.3, -0.25) is 0 Å². The molecule has 4 aromatic rings. The van der Waals surface area contributed by atoms with Crippen LogP contribution >= 0.6 is 0 Å². The van der Waals surface area contributed by atoms with Crippen LogP contribution < -0.4 is 40.6 Å². The summed E-state index contributed by atoms with van der Waals surface area (Å²) >= 11 is 0. The third kappa shape index (κ3) is 15.7. The number of hydrogen-bond donors (Lipinski definition) is 4. The molecule has 0 aliphatic rings. The van der Waals surface area contributed by atoms with Crippen molar-refractivity contribution < 1.29 is 17.7 Å². The van der Waals surface area contributed by atoms with Crippen LogP contribution in [-0.4, -0.2) is 17.1 Å². The van der Waals surface area contributed by atoms with Gasteiger partial charge in [-0.15, -0.1) is 0 Å². The number of unbranched alkanes of at least 4 members (excludes halogenated alkanes) is 5. The summed E-state index contributed by atoms with van der Waals surface area (Å²) in [6.07, 6.45) is 7.52. The maximum absolute atomic E-state index is 6.35. The summed E-state index contributed by atoms with van der Waals surface area (Å²) in [7, 11) is -4.83. The standard InChI is InChI=1S/C21H32N2O2Si.C17H24N2O2Si.CH4/c1-3-4-5-6-7-8-17-26(2,24-20-13-9-18(22)10-14-20)25-21-15-11-19(23)12-16-21;1-13(2)12-22(3,20-16-8-4-14(18)5-9-16)21-17-10-6-15(19)7-11-17;/h9-16H,3-8,17,22-23H2,1-2H3;4-11,13H,12,18-19H2,1-3H3;1H4. The first-order chi connectivity index (χ1) is 22.9. The van der Waals surface area contributed by atoms with Gasteiger partial charge >= 0.3 is 17.1 Å². The molecule has 4 rings (SSSR count). The SMILES string of the molecule is C.CC(C)C[Si](C)(Oc1ccc(N)cc1)Oc1ccc(N)cc1.CCCCCCCC[Si](C)(Oc1ccc(N)cc1)Oc1ccc(N)cc1. The van der Waals surface area contributed by atoms with Crippen molar-refractivity contribution in [3.05, 3.63) is 97.1 Å². The summed E-state index contributed by atoms with van der Waals surface area (Å²) in [5.74, 6) is 3.70. The number of rotatable bonds is 17. The van der Waals surface area contributed by atoms with Crippen molar-refractivity contribution in [1.82, 2.24) is 0 Å². The molecule has 0 bridgehead atoms. The van der Waals surface area contributed by atoms with Crippen LogP contribution in [0.25, 0.3) is 0 Å². The number of nitrogen functional groups attached to an aromatic ring is 4. The zero-order valence-electron chi connectivity index (χ0n) is 29.4. The van der Waals surface area contributed by atoms with Crippen LogP contribution in [0.5, 0.6) is 23.0 Å². The molecule has 0 unspecified atom stereocenters. The van der Waals surface area contributed by atoms with E-state index in [4.69, 9.17) is 40.6 Å². The van der Waals surface area contributed by atoms with Crippen molar-refractivity contribution >= 4 is 39.9 Å². The maximum Gasteiger partial charge on any atom is 0.457 e. The summed E-state index contributed by atoms with van der Waals surface area (Å²) in [5, 5.41) is 0. The van der Waals surface area contributed by atoms with Crippen LogP contribution in [0.15, 0.2) is 97.1 Å². The van der Waals surface area contributed by atoms with Crippen LogP contribution in [0.3, 0.4) is 0 Å². The Morgan fingerprint density at radius 3 is 1.06 bits per heavy atom. The number of hydrogen-bond acceptors (Lipinski definition) is 8. The van der Waals surface area contributed by atoms with Gasteiger partial charge in [0.1, 0.15) is 23.0 Å². The number of benzene rings is 4. The lowest BCUT2D eigenvalue weighted by Crippen LogP contribution is -2.46. The molecule has 0 aliphatic carbocycles. The molecule has 0 spiro atoms. The normalized spacial score (nSPS) is 11.1. The van der Waals surface area contributed by atoms with E-state index in [0.29, 0.717) is 5.92 Å². The second kappa shape index (κ2) is 20.3. The first-order valence-corrected chi connectivity index (χ1v) is 22.1. The number of anilines is 4. The molecular weight excluding hydrogens is 645 g/mol. The topological polar surface area (TPSA) is 141 Å². The Hall–Kier alpha value is -4.29. The first kappa shape index (κ1) is 40.9. The Morgan fingerprint density at radius 1 is 0.469 bits per heavy atom. The van der Waals surface area contributed by atoms with Crippen molar-refractivity contribution in [2.45, 2.75) is 91.9 Å².